The van der Waals surface area contributed by atoms with Crippen molar-refractivity contribution in [2.24, 2.45) is 0 Å². The first kappa shape index (κ1) is 68.3. The molecule has 20 nitrogen and oxygen atoms in total. The van der Waals surface area contributed by atoms with Crippen LogP contribution in [0.4, 0.5) is 0 Å². The van der Waals surface area contributed by atoms with Gasteiger partial charge < -0.3 is 90.1 Å². The predicted molar refractivity (Wildman–Crippen MR) is 284 cm³/mol. The molecule has 17 atom stereocenters. The molecule has 6 unspecified atom stereocenters. The number of rotatable bonds is 42. The molecule has 3 rings (SSSR count). The van der Waals surface area contributed by atoms with Crippen molar-refractivity contribution in [2.45, 2.75) is 305 Å². The highest BCUT2D eigenvalue weighted by molar-refractivity contribution is 5.76. The summed E-state index contributed by atoms with van der Waals surface area (Å²) in [5.41, 5.74) is 0. The molecule has 3 aliphatic heterocycles. The van der Waals surface area contributed by atoms with E-state index in [-0.39, 0.29) is 18.9 Å². The van der Waals surface area contributed by atoms with E-state index in [2.05, 4.69) is 24.5 Å². The predicted octanol–water partition coefficient (Wildman–Crippen LogP) is 3.96. The number of unbranched alkanes of at least 4 members (excludes halogenated alkanes) is 25. The van der Waals surface area contributed by atoms with Crippen LogP contribution < -0.4 is 10.6 Å². The van der Waals surface area contributed by atoms with Crippen LogP contribution in [0.2, 0.25) is 0 Å². The topological polar surface area (TPSA) is 316 Å². The molecule has 0 saturated carbocycles. The van der Waals surface area contributed by atoms with Gasteiger partial charge in [-0.05, 0) is 19.3 Å². The van der Waals surface area contributed by atoms with Gasteiger partial charge in [0.1, 0.15) is 73.2 Å². The van der Waals surface area contributed by atoms with E-state index in [1.54, 1.807) is 6.08 Å². The minimum absolute atomic E-state index is 0.244. The summed E-state index contributed by atoms with van der Waals surface area (Å²) in [6.45, 7) is 2.82. The lowest BCUT2D eigenvalue weighted by Crippen LogP contribution is -2.68. The van der Waals surface area contributed by atoms with E-state index in [1.165, 1.54) is 122 Å². The van der Waals surface area contributed by atoms with Gasteiger partial charge in [0.15, 0.2) is 18.9 Å². The van der Waals surface area contributed by atoms with Gasteiger partial charge in [0.05, 0.1) is 38.6 Å². The van der Waals surface area contributed by atoms with Crippen LogP contribution in [0, 0.1) is 0 Å². The first-order valence-electron chi connectivity index (χ1n) is 29.4. The molecule has 3 heterocycles. The molecule has 20 heteroatoms. The molecule has 446 valence electrons. The van der Waals surface area contributed by atoms with Crippen molar-refractivity contribution in [1.82, 2.24) is 10.6 Å². The van der Waals surface area contributed by atoms with Gasteiger partial charge in [-0.3, -0.25) is 9.59 Å². The fourth-order valence-corrected chi connectivity index (χ4v) is 10.2. The van der Waals surface area contributed by atoms with Crippen LogP contribution in [0.25, 0.3) is 0 Å². The molecule has 76 heavy (non-hydrogen) atoms. The van der Waals surface area contributed by atoms with Crippen molar-refractivity contribution in [1.29, 1.82) is 0 Å². The molecule has 2 amide bonds. The number of carbonyl (C=O) groups is 2. The van der Waals surface area contributed by atoms with Gasteiger partial charge in [-0.25, -0.2) is 0 Å². The molecule has 3 saturated heterocycles. The minimum atomic E-state index is -1.99. The second-order valence-corrected chi connectivity index (χ2v) is 21.5. The first-order valence-corrected chi connectivity index (χ1v) is 29.4. The Morgan fingerprint density at radius 2 is 0.921 bits per heavy atom. The molecule has 0 radical (unpaired) electrons. The number of amides is 2. The third kappa shape index (κ3) is 24.8. The number of aliphatic hydroxyl groups is 10. The number of nitrogens with one attached hydrogen (secondary N) is 2. The van der Waals surface area contributed by atoms with Gasteiger partial charge in [0, 0.05) is 13.3 Å². The maximum Gasteiger partial charge on any atom is 0.220 e. The Morgan fingerprint density at radius 3 is 1.38 bits per heavy atom. The lowest BCUT2D eigenvalue weighted by Gasteiger charge is -2.48. The Kier molecular flexibility index (Phi) is 36.2. The summed E-state index contributed by atoms with van der Waals surface area (Å²) in [5, 5.41) is 113. The fraction of sp³-hybridized carbons (Fsp3) is 0.929. The standard InChI is InChI=1S/C56H104N2O18/c1-4-6-8-10-12-14-16-18-19-21-23-25-27-29-31-33-44(64)58-39(40(63)32-30-28-26-24-22-20-17-15-13-11-9-7-5-2)37-71-55-50(69)48(67)53(42(35-60)73-55)76-56-51(70)49(68)52(43(36-61)74-56)75-54-45(57-38(3)62)47(66)46(65)41(34-59)72-54/h30,32,39-43,45-56,59-61,63,65-70H,4-29,31,33-37H2,1-3H3,(H,57,62)(H,58,64)/b32-30+/t39-,40+,41-,42-,43?,45?,46+,47?,48?,49-,50?,51?,52+,53-,54+,55-,56+/m1/s1. The van der Waals surface area contributed by atoms with Crippen LogP contribution >= 0.6 is 0 Å². The second-order valence-electron chi connectivity index (χ2n) is 21.5. The van der Waals surface area contributed by atoms with Crippen LogP contribution in [-0.2, 0) is 38.0 Å². The van der Waals surface area contributed by atoms with E-state index in [1.807, 2.05) is 6.08 Å². The molecule has 3 aliphatic rings. The summed E-state index contributed by atoms with van der Waals surface area (Å²) in [5.74, 6) is -0.924. The van der Waals surface area contributed by atoms with Gasteiger partial charge in [-0.2, -0.15) is 0 Å². The molecular weight excluding hydrogens is 989 g/mol. The maximum absolute atomic E-state index is 13.3. The molecule has 0 aromatic carbocycles. The third-order valence-electron chi connectivity index (χ3n) is 15.0. The molecule has 0 spiro atoms. The molecule has 12 N–H and O–H groups in total. The monoisotopic (exact) mass is 1090 g/mol. The molecule has 3 fully saturated rings. The summed E-state index contributed by atoms with van der Waals surface area (Å²) in [6.07, 6.45) is 11.1. The Bertz CT molecular complexity index is 1520. The molecule has 0 aromatic heterocycles. The summed E-state index contributed by atoms with van der Waals surface area (Å²) in [4.78, 5) is 25.3. The quantitative estimate of drug-likeness (QED) is 0.0304. The van der Waals surface area contributed by atoms with Crippen LogP contribution in [0.3, 0.4) is 0 Å². The van der Waals surface area contributed by atoms with Crippen LogP contribution in [0.15, 0.2) is 12.2 Å². The average Bonchev–Trinajstić information content (AvgIpc) is 3.41. The Labute approximate surface area is 453 Å². The number of aliphatic hydroxyl groups excluding tert-OH is 10. The van der Waals surface area contributed by atoms with Crippen molar-refractivity contribution in [2.75, 3.05) is 26.4 Å². The smallest absolute Gasteiger partial charge is 0.220 e. The zero-order valence-electron chi connectivity index (χ0n) is 46.3. The molecular formula is C56H104N2O18. The summed E-state index contributed by atoms with van der Waals surface area (Å²) in [7, 11) is 0. The van der Waals surface area contributed by atoms with Crippen molar-refractivity contribution < 1.29 is 89.1 Å². The number of hydrogen-bond donors (Lipinski definition) is 12. The summed E-state index contributed by atoms with van der Waals surface area (Å²) < 4.78 is 34.8. The Hall–Kier alpha value is -1.96. The van der Waals surface area contributed by atoms with Gasteiger partial charge in [0.25, 0.3) is 0 Å². The van der Waals surface area contributed by atoms with E-state index in [0.29, 0.717) is 6.42 Å². The van der Waals surface area contributed by atoms with E-state index in [9.17, 15) is 60.7 Å². The second kappa shape index (κ2) is 40.3. The summed E-state index contributed by atoms with van der Waals surface area (Å²) >= 11 is 0. The van der Waals surface area contributed by atoms with Crippen molar-refractivity contribution in [3.63, 3.8) is 0 Å². The number of hydrogen-bond acceptors (Lipinski definition) is 18. The minimum Gasteiger partial charge on any atom is -0.394 e. The average molecular weight is 1090 g/mol. The zero-order valence-corrected chi connectivity index (χ0v) is 46.3. The number of ether oxygens (including phenoxy) is 6. The molecule has 0 bridgehead atoms. The van der Waals surface area contributed by atoms with E-state index >= 15 is 0 Å². The van der Waals surface area contributed by atoms with Crippen LogP contribution in [0.1, 0.15) is 201 Å². The highest BCUT2D eigenvalue weighted by Crippen LogP contribution is 2.33. The SMILES string of the molecule is CCCCCCCCCCCCC/C=C/[C@H](O)[C@@H](CO[C@@H]1O[C@H](CO)[C@@H](O[C@@H]2OC(CO)[C@H](O[C@@H]3O[C@H](CO)[C@H](O)C(O)C3NC(C)=O)[C@H](O)C2O)C(O)C1O)NC(=O)CCCCCCCCCCCCCCCCC. The molecule has 0 aromatic rings. The first-order chi connectivity index (χ1) is 36.7. The maximum atomic E-state index is 13.3. The normalized spacial score (nSPS) is 30.9. The lowest BCUT2D eigenvalue weighted by atomic mass is 9.95. The number of carbonyl (C=O) groups excluding carboxylic acids is 2. The summed E-state index contributed by atoms with van der Waals surface area (Å²) in [6, 6.07) is -2.40. The van der Waals surface area contributed by atoms with Crippen LogP contribution in [0.5, 0.6) is 0 Å². The molecule has 0 aliphatic carbocycles. The van der Waals surface area contributed by atoms with Crippen molar-refractivity contribution in [3.8, 4) is 0 Å². The zero-order chi connectivity index (χ0) is 55.7. The van der Waals surface area contributed by atoms with Gasteiger partial charge >= 0.3 is 0 Å². The van der Waals surface area contributed by atoms with Crippen molar-refractivity contribution in [3.05, 3.63) is 12.2 Å². The lowest BCUT2D eigenvalue weighted by molar-refractivity contribution is -0.374. The van der Waals surface area contributed by atoms with Crippen molar-refractivity contribution >= 4 is 11.8 Å². The van der Waals surface area contributed by atoms with Crippen LogP contribution in [-0.4, -0.2) is 194 Å². The fourth-order valence-electron chi connectivity index (χ4n) is 10.2. The largest absolute Gasteiger partial charge is 0.394 e. The highest BCUT2D eigenvalue weighted by atomic mass is 16.8. The Morgan fingerprint density at radius 1 is 0.513 bits per heavy atom. The third-order valence-corrected chi connectivity index (χ3v) is 15.0. The van der Waals surface area contributed by atoms with E-state index in [0.717, 1.165) is 51.9 Å². The highest BCUT2D eigenvalue weighted by Gasteiger charge is 2.54. The van der Waals surface area contributed by atoms with Gasteiger partial charge in [0.2, 0.25) is 11.8 Å². The van der Waals surface area contributed by atoms with E-state index < -0.39 is 130 Å². The van der Waals surface area contributed by atoms with Gasteiger partial charge in [-0.1, -0.05) is 180 Å². The van der Waals surface area contributed by atoms with E-state index in [4.69, 9.17) is 28.4 Å². The van der Waals surface area contributed by atoms with Gasteiger partial charge in [-0.15, -0.1) is 0 Å². The number of allylic oxidation sites excluding steroid dienone is 1. The Balaban J connectivity index is 1.56.